The summed E-state index contributed by atoms with van der Waals surface area (Å²) < 4.78 is 10.4. The number of carboxylic acid groups (broad SMARTS) is 1. The smallest absolute Gasteiger partial charge is 0.329 e. The first kappa shape index (κ1) is 13.5. The fourth-order valence-electron chi connectivity index (χ4n) is 2.06. The lowest BCUT2D eigenvalue weighted by Crippen LogP contribution is -2.38. The molecule has 2 rings (SSSR count). The molecule has 1 saturated heterocycles. The minimum atomic E-state index is -0.928. The zero-order chi connectivity index (χ0) is 13.7. The van der Waals surface area contributed by atoms with Gasteiger partial charge in [-0.2, -0.15) is 0 Å². The summed E-state index contributed by atoms with van der Waals surface area (Å²) in [6, 6.07) is 1.79. The second-order valence-corrected chi connectivity index (χ2v) is 4.31. The molecule has 1 aromatic heterocycles. The van der Waals surface area contributed by atoms with Gasteiger partial charge in [-0.3, -0.25) is 0 Å². The van der Waals surface area contributed by atoms with E-state index in [2.05, 4.69) is 14.9 Å². The number of carboxylic acids is 1. The van der Waals surface area contributed by atoms with Crippen LogP contribution in [0.15, 0.2) is 12.4 Å². The zero-order valence-corrected chi connectivity index (χ0v) is 10.8. The van der Waals surface area contributed by atoms with Crippen molar-refractivity contribution in [1.82, 2.24) is 9.97 Å². The van der Waals surface area contributed by atoms with Crippen LogP contribution in [0.4, 0.5) is 5.82 Å². The normalized spacial score (nSPS) is 16.4. The van der Waals surface area contributed by atoms with Crippen LogP contribution in [0.5, 0.6) is 5.88 Å². The Bertz CT molecular complexity index is 433. The van der Waals surface area contributed by atoms with Gasteiger partial charge in [0.2, 0.25) is 5.88 Å². The predicted molar refractivity (Wildman–Crippen MR) is 67.4 cm³/mol. The molecule has 0 atom stereocenters. The highest BCUT2D eigenvalue weighted by atomic mass is 16.5. The average Bonchev–Trinajstić information content (AvgIpc) is 2.45. The summed E-state index contributed by atoms with van der Waals surface area (Å²) in [7, 11) is 1.57. The summed E-state index contributed by atoms with van der Waals surface area (Å²) >= 11 is 0. The Hall–Kier alpha value is -1.89. The molecule has 0 amide bonds. The molecule has 1 aromatic rings. The summed E-state index contributed by atoms with van der Waals surface area (Å²) in [5, 5.41) is 8.57. The second kappa shape index (κ2) is 6.33. The number of piperidine rings is 1. The van der Waals surface area contributed by atoms with Gasteiger partial charge in [-0.1, -0.05) is 0 Å². The highest BCUT2D eigenvalue weighted by Gasteiger charge is 2.21. The molecule has 0 aliphatic carbocycles. The van der Waals surface area contributed by atoms with Gasteiger partial charge in [-0.25, -0.2) is 14.8 Å². The maximum absolute atomic E-state index is 10.4. The van der Waals surface area contributed by atoms with Gasteiger partial charge >= 0.3 is 5.97 Å². The molecule has 7 heteroatoms. The maximum atomic E-state index is 10.4. The van der Waals surface area contributed by atoms with E-state index in [4.69, 9.17) is 14.6 Å². The Balaban J connectivity index is 1.87. The van der Waals surface area contributed by atoms with Crippen LogP contribution in [0.25, 0.3) is 0 Å². The Labute approximate surface area is 111 Å². The van der Waals surface area contributed by atoms with E-state index in [0.717, 1.165) is 31.7 Å². The van der Waals surface area contributed by atoms with Gasteiger partial charge in [0.05, 0.1) is 13.2 Å². The monoisotopic (exact) mass is 267 g/mol. The summed E-state index contributed by atoms with van der Waals surface area (Å²) in [5.74, 6) is 0.431. The van der Waals surface area contributed by atoms with E-state index >= 15 is 0 Å². The molecule has 0 bridgehead atoms. The van der Waals surface area contributed by atoms with E-state index in [1.165, 1.54) is 6.33 Å². The second-order valence-electron chi connectivity index (χ2n) is 4.31. The third kappa shape index (κ3) is 3.78. The van der Waals surface area contributed by atoms with Gasteiger partial charge in [0, 0.05) is 19.2 Å². The van der Waals surface area contributed by atoms with Crippen molar-refractivity contribution >= 4 is 11.8 Å². The first-order valence-electron chi connectivity index (χ1n) is 6.13. The molecule has 0 unspecified atom stereocenters. The molecule has 0 spiro atoms. The predicted octanol–water partition coefficient (Wildman–Crippen LogP) is 0.555. The number of carbonyl (C=O) groups is 1. The van der Waals surface area contributed by atoms with Crippen LogP contribution in [0, 0.1) is 0 Å². The van der Waals surface area contributed by atoms with Gasteiger partial charge in [-0.05, 0) is 12.8 Å². The Kier molecular flexibility index (Phi) is 4.51. The van der Waals surface area contributed by atoms with Crippen LogP contribution in [0.1, 0.15) is 12.8 Å². The fraction of sp³-hybridized carbons (Fsp3) is 0.583. The topological polar surface area (TPSA) is 84.8 Å². The number of hydrogen-bond acceptors (Lipinski definition) is 6. The van der Waals surface area contributed by atoms with Crippen molar-refractivity contribution in [3.63, 3.8) is 0 Å². The SMILES string of the molecule is COc1cc(N2CCC(OCC(=O)O)CC2)ncn1. The lowest BCUT2D eigenvalue weighted by Gasteiger charge is -2.32. The largest absolute Gasteiger partial charge is 0.481 e. The zero-order valence-electron chi connectivity index (χ0n) is 10.8. The number of rotatable bonds is 5. The Morgan fingerprint density at radius 3 is 2.84 bits per heavy atom. The molecule has 0 saturated carbocycles. The van der Waals surface area contributed by atoms with Gasteiger partial charge in [0.1, 0.15) is 18.8 Å². The standard InChI is InChI=1S/C12H17N3O4/c1-18-11-6-10(13-8-14-11)15-4-2-9(3-5-15)19-7-12(16)17/h6,8-9H,2-5,7H2,1H3,(H,16,17). The minimum absolute atomic E-state index is 0.0103. The van der Waals surface area contributed by atoms with E-state index in [9.17, 15) is 4.79 Å². The molecule has 0 radical (unpaired) electrons. The van der Waals surface area contributed by atoms with Crippen molar-refractivity contribution in [2.75, 3.05) is 31.7 Å². The van der Waals surface area contributed by atoms with Crippen LogP contribution in [0.2, 0.25) is 0 Å². The van der Waals surface area contributed by atoms with Crippen LogP contribution < -0.4 is 9.64 Å². The van der Waals surface area contributed by atoms with Gasteiger partial charge < -0.3 is 19.5 Å². The summed E-state index contributed by atoms with van der Waals surface area (Å²) in [5.41, 5.74) is 0. The first-order chi connectivity index (χ1) is 9.19. The molecule has 1 aliphatic rings. The third-order valence-electron chi connectivity index (χ3n) is 3.05. The molecule has 0 aromatic carbocycles. The molecule has 19 heavy (non-hydrogen) atoms. The van der Waals surface area contributed by atoms with Crippen molar-refractivity contribution in [3.8, 4) is 5.88 Å². The van der Waals surface area contributed by atoms with E-state index < -0.39 is 5.97 Å². The lowest BCUT2D eigenvalue weighted by atomic mass is 10.1. The number of aliphatic carboxylic acids is 1. The molecule has 7 nitrogen and oxygen atoms in total. The number of methoxy groups -OCH3 is 1. The van der Waals surface area contributed by atoms with Gasteiger partial charge in [-0.15, -0.1) is 0 Å². The maximum Gasteiger partial charge on any atom is 0.329 e. The number of hydrogen-bond donors (Lipinski definition) is 1. The van der Waals surface area contributed by atoms with Crippen molar-refractivity contribution in [2.45, 2.75) is 18.9 Å². The molecular formula is C12H17N3O4. The van der Waals surface area contributed by atoms with E-state index in [1.807, 2.05) is 0 Å². The van der Waals surface area contributed by atoms with Crippen molar-refractivity contribution in [1.29, 1.82) is 0 Å². The molecule has 1 aliphatic heterocycles. The van der Waals surface area contributed by atoms with E-state index in [-0.39, 0.29) is 12.7 Å². The lowest BCUT2D eigenvalue weighted by molar-refractivity contribution is -0.144. The Morgan fingerprint density at radius 1 is 1.47 bits per heavy atom. The van der Waals surface area contributed by atoms with Crippen LogP contribution >= 0.6 is 0 Å². The number of anilines is 1. The highest BCUT2D eigenvalue weighted by molar-refractivity contribution is 5.68. The van der Waals surface area contributed by atoms with Crippen molar-refractivity contribution < 1.29 is 19.4 Å². The Morgan fingerprint density at radius 2 is 2.21 bits per heavy atom. The first-order valence-corrected chi connectivity index (χ1v) is 6.13. The van der Waals surface area contributed by atoms with Crippen LogP contribution in [-0.4, -0.2) is 54.0 Å². The van der Waals surface area contributed by atoms with Crippen molar-refractivity contribution in [3.05, 3.63) is 12.4 Å². The van der Waals surface area contributed by atoms with Crippen LogP contribution in [0.3, 0.4) is 0 Å². The summed E-state index contributed by atoms with van der Waals surface area (Å²) in [6.07, 6.45) is 3.07. The highest BCUT2D eigenvalue weighted by Crippen LogP contribution is 2.21. The molecule has 1 fully saturated rings. The summed E-state index contributed by atoms with van der Waals surface area (Å²) in [6.45, 7) is 1.33. The molecule has 2 heterocycles. The minimum Gasteiger partial charge on any atom is -0.481 e. The van der Waals surface area contributed by atoms with E-state index in [1.54, 1.807) is 13.2 Å². The summed E-state index contributed by atoms with van der Waals surface area (Å²) in [4.78, 5) is 20.7. The van der Waals surface area contributed by atoms with Gasteiger partial charge in [0.25, 0.3) is 0 Å². The van der Waals surface area contributed by atoms with Crippen molar-refractivity contribution in [2.24, 2.45) is 0 Å². The third-order valence-corrected chi connectivity index (χ3v) is 3.05. The van der Waals surface area contributed by atoms with E-state index in [0.29, 0.717) is 5.88 Å². The average molecular weight is 267 g/mol. The number of aromatic nitrogens is 2. The molecule has 104 valence electrons. The quantitative estimate of drug-likeness (QED) is 0.834. The number of ether oxygens (including phenoxy) is 2. The van der Waals surface area contributed by atoms with Crippen LogP contribution in [-0.2, 0) is 9.53 Å². The number of nitrogens with zero attached hydrogens (tertiary/aromatic N) is 3. The van der Waals surface area contributed by atoms with Gasteiger partial charge in [0.15, 0.2) is 0 Å². The molecule has 1 N–H and O–H groups in total. The fourth-order valence-corrected chi connectivity index (χ4v) is 2.06. The molecular weight excluding hydrogens is 250 g/mol.